The van der Waals surface area contributed by atoms with Gasteiger partial charge in [-0.1, -0.05) is 0 Å². The molecule has 0 saturated carbocycles. The first kappa shape index (κ1) is 14.1. The molecule has 0 aliphatic heterocycles. The largest absolute Gasteiger partial charge is 0.478 e. The van der Waals surface area contributed by atoms with Crippen LogP contribution in [0.5, 0.6) is 0 Å². The molecule has 0 bridgehead atoms. The van der Waals surface area contributed by atoms with Crippen molar-refractivity contribution in [1.29, 1.82) is 0 Å². The van der Waals surface area contributed by atoms with Crippen molar-refractivity contribution in [3.05, 3.63) is 48.0 Å². The van der Waals surface area contributed by atoms with Gasteiger partial charge in [-0.15, -0.1) is 0 Å². The standard InChI is InChI=1S/C15H19N3O2/c1-12-10-13(15(19)20)4-5-14(12)17-6-2-3-8-18-9-7-16-11-18/h4-5,7,9-11,17H,2-3,6,8H2,1H3,(H,19,20). The highest BCUT2D eigenvalue weighted by Crippen LogP contribution is 2.16. The Balaban J connectivity index is 1.75. The summed E-state index contributed by atoms with van der Waals surface area (Å²) in [4.78, 5) is 14.9. The fourth-order valence-corrected chi connectivity index (χ4v) is 2.06. The molecular formula is C15H19N3O2. The number of aromatic nitrogens is 2. The molecule has 0 aliphatic rings. The number of aryl methyl sites for hydroxylation is 2. The highest BCUT2D eigenvalue weighted by Gasteiger charge is 2.05. The average molecular weight is 273 g/mol. The maximum Gasteiger partial charge on any atom is 0.335 e. The van der Waals surface area contributed by atoms with E-state index >= 15 is 0 Å². The molecule has 0 unspecified atom stereocenters. The highest BCUT2D eigenvalue weighted by molar-refractivity contribution is 5.88. The highest BCUT2D eigenvalue weighted by atomic mass is 16.4. The number of imidazole rings is 1. The topological polar surface area (TPSA) is 67.2 Å². The molecule has 0 saturated heterocycles. The molecule has 0 fully saturated rings. The number of rotatable bonds is 7. The molecule has 0 radical (unpaired) electrons. The predicted molar refractivity (Wildman–Crippen MR) is 78.1 cm³/mol. The summed E-state index contributed by atoms with van der Waals surface area (Å²) in [6.45, 7) is 3.76. The van der Waals surface area contributed by atoms with Crippen LogP contribution in [0.2, 0.25) is 0 Å². The molecule has 5 nitrogen and oxygen atoms in total. The van der Waals surface area contributed by atoms with E-state index in [0.29, 0.717) is 5.56 Å². The van der Waals surface area contributed by atoms with Crippen LogP contribution in [0.1, 0.15) is 28.8 Å². The SMILES string of the molecule is Cc1cc(C(=O)O)ccc1NCCCCn1ccnc1. The Morgan fingerprint density at radius 1 is 1.40 bits per heavy atom. The molecule has 0 spiro atoms. The Bertz CT molecular complexity index is 565. The van der Waals surface area contributed by atoms with Crippen molar-refractivity contribution in [3.63, 3.8) is 0 Å². The first-order valence-electron chi connectivity index (χ1n) is 6.70. The average Bonchev–Trinajstić information content (AvgIpc) is 2.93. The summed E-state index contributed by atoms with van der Waals surface area (Å²) in [5, 5.41) is 12.3. The number of carboxylic acids is 1. The zero-order valence-corrected chi connectivity index (χ0v) is 11.5. The summed E-state index contributed by atoms with van der Waals surface area (Å²) in [6.07, 6.45) is 7.70. The van der Waals surface area contributed by atoms with Gasteiger partial charge in [-0.2, -0.15) is 0 Å². The van der Waals surface area contributed by atoms with Gasteiger partial charge in [0.15, 0.2) is 0 Å². The third kappa shape index (κ3) is 3.85. The number of nitrogens with one attached hydrogen (secondary N) is 1. The van der Waals surface area contributed by atoms with Crippen LogP contribution in [0.25, 0.3) is 0 Å². The van der Waals surface area contributed by atoms with Crippen molar-refractivity contribution in [2.24, 2.45) is 0 Å². The number of unbranched alkanes of at least 4 members (excludes halogenated alkanes) is 1. The van der Waals surface area contributed by atoms with Crippen molar-refractivity contribution in [3.8, 4) is 0 Å². The zero-order valence-electron chi connectivity index (χ0n) is 11.5. The molecule has 0 atom stereocenters. The summed E-state index contributed by atoms with van der Waals surface area (Å²) in [6, 6.07) is 5.15. The first-order valence-corrected chi connectivity index (χ1v) is 6.70. The lowest BCUT2D eigenvalue weighted by molar-refractivity contribution is 0.0697. The summed E-state index contributed by atoms with van der Waals surface area (Å²) >= 11 is 0. The number of benzene rings is 1. The molecule has 2 N–H and O–H groups in total. The van der Waals surface area contributed by atoms with Crippen LogP contribution in [0, 0.1) is 6.92 Å². The van der Waals surface area contributed by atoms with Gasteiger partial charge < -0.3 is 15.0 Å². The fraction of sp³-hybridized carbons (Fsp3) is 0.333. The Kier molecular flexibility index (Phi) is 4.76. The number of hydrogen-bond donors (Lipinski definition) is 2. The molecule has 2 aromatic rings. The summed E-state index contributed by atoms with van der Waals surface area (Å²) in [5.41, 5.74) is 2.28. The molecule has 1 aromatic heterocycles. The van der Waals surface area contributed by atoms with Crippen molar-refractivity contribution in [1.82, 2.24) is 9.55 Å². The number of aromatic carboxylic acids is 1. The molecule has 1 aromatic carbocycles. The molecular weight excluding hydrogens is 254 g/mol. The molecule has 5 heteroatoms. The van der Waals surface area contributed by atoms with E-state index in [9.17, 15) is 4.79 Å². The number of nitrogens with zero attached hydrogens (tertiary/aromatic N) is 2. The number of carbonyl (C=O) groups is 1. The molecule has 0 aliphatic carbocycles. The minimum absolute atomic E-state index is 0.327. The molecule has 20 heavy (non-hydrogen) atoms. The minimum atomic E-state index is -0.889. The second kappa shape index (κ2) is 6.75. The quantitative estimate of drug-likeness (QED) is 0.761. The maximum absolute atomic E-state index is 10.8. The second-order valence-corrected chi connectivity index (χ2v) is 4.77. The van der Waals surface area contributed by atoms with Gasteiger partial charge in [-0.3, -0.25) is 0 Å². The summed E-state index contributed by atoms with van der Waals surface area (Å²) in [7, 11) is 0. The van der Waals surface area contributed by atoms with Crippen LogP contribution >= 0.6 is 0 Å². The van der Waals surface area contributed by atoms with Gasteiger partial charge in [0, 0.05) is 31.2 Å². The monoisotopic (exact) mass is 273 g/mol. The zero-order chi connectivity index (χ0) is 14.4. The third-order valence-corrected chi connectivity index (χ3v) is 3.19. The van der Waals surface area contributed by atoms with E-state index < -0.39 is 5.97 Å². The minimum Gasteiger partial charge on any atom is -0.478 e. The second-order valence-electron chi connectivity index (χ2n) is 4.77. The van der Waals surface area contributed by atoms with Gasteiger partial charge in [0.25, 0.3) is 0 Å². The number of anilines is 1. The molecule has 1 heterocycles. The number of carboxylic acid groups (broad SMARTS) is 1. The van der Waals surface area contributed by atoms with Crippen molar-refractivity contribution >= 4 is 11.7 Å². The van der Waals surface area contributed by atoms with Crippen LogP contribution < -0.4 is 5.32 Å². The van der Waals surface area contributed by atoms with Crippen molar-refractivity contribution < 1.29 is 9.90 Å². The molecule has 2 rings (SSSR count). The summed E-state index contributed by atoms with van der Waals surface area (Å²) in [5.74, 6) is -0.889. The fourth-order valence-electron chi connectivity index (χ4n) is 2.06. The maximum atomic E-state index is 10.8. The summed E-state index contributed by atoms with van der Waals surface area (Å²) < 4.78 is 2.06. The predicted octanol–water partition coefficient (Wildman–Crippen LogP) is 2.78. The first-order chi connectivity index (χ1) is 9.66. The van der Waals surface area contributed by atoms with Crippen LogP contribution in [0.3, 0.4) is 0 Å². The smallest absolute Gasteiger partial charge is 0.335 e. The van der Waals surface area contributed by atoms with Crippen molar-refractivity contribution in [2.45, 2.75) is 26.3 Å². The Morgan fingerprint density at radius 3 is 2.90 bits per heavy atom. The van der Waals surface area contributed by atoms with Gasteiger partial charge in [0.1, 0.15) is 0 Å². The van der Waals surface area contributed by atoms with Gasteiger partial charge in [-0.25, -0.2) is 9.78 Å². The van der Waals surface area contributed by atoms with E-state index in [1.54, 1.807) is 18.3 Å². The van der Waals surface area contributed by atoms with E-state index in [4.69, 9.17) is 5.11 Å². The van der Waals surface area contributed by atoms with E-state index in [2.05, 4.69) is 14.9 Å². The van der Waals surface area contributed by atoms with Crippen LogP contribution in [-0.2, 0) is 6.54 Å². The Labute approximate surface area is 118 Å². The number of hydrogen-bond acceptors (Lipinski definition) is 3. The van der Waals surface area contributed by atoms with E-state index in [0.717, 1.165) is 37.2 Å². The van der Waals surface area contributed by atoms with Gasteiger partial charge in [-0.05, 0) is 43.5 Å². The van der Waals surface area contributed by atoms with E-state index in [1.807, 2.05) is 25.5 Å². The van der Waals surface area contributed by atoms with Gasteiger partial charge in [0.2, 0.25) is 0 Å². The van der Waals surface area contributed by atoms with Crippen LogP contribution in [0.15, 0.2) is 36.9 Å². The van der Waals surface area contributed by atoms with E-state index in [-0.39, 0.29) is 0 Å². The lowest BCUT2D eigenvalue weighted by atomic mass is 10.1. The third-order valence-electron chi connectivity index (χ3n) is 3.19. The van der Waals surface area contributed by atoms with Gasteiger partial charge >= 0.3 is 5.97 Å². The van der Waals surface area contributed by atoms with E-state index in [1.165, 1.54) is 0 Å². The van der Waals surface area contributed by atoms with Crippen molar-refractivity contribution in [2.75, 3.05) is 11.9 Å². The molecule has 106 valence electrons. The van der Waals surface area contributed by atoms with Gasteiger partial charge in [0.05, 0.1) is 11.9 Å². The van der Waals surface area contributed by atoms with Crippen LogP contribution in [0.4, 0.5) is 5.69 Å². The van der Waals surface area contributed by atoms with Crippen LogP contribution in [-0.4, -0.2) is 27.2 Å². The lowest BCUT2D eigenvalue weighted by Gasteiger charge is -2.10. The Hall–Kier alpha value is -2.30. The normalized spacial score (nSPS) is 10.4. The lowest BCUT2D eigenvalue weighted by Crippen LogP contribution is -2.06. The Morgan fingerprint density at radius 2 is 2.25 bits per heavy atom. The molecule has 0 amide bonds.